The molecule has 0 spiro atoms. The lowest BCUT2D eigenvalue weighted by Gasteiger charge is -1.97. The summed E-state index contributed by atoms with van der Waals surface area (Å²) >= 11 is 0. The average Bonchev–Trinajstić information content (AvgIpc) is 2.87. The molecule has 0 aliphatic heterocycles. The molecule has 2 rings (SSSR count). The van der Waals surface area contributed by atoms with E-state index in [-0.39, 0.29) is 18.2 Å². The summed E-state index contributed by atoms with van der Waals surface area (Å²) in [6.07, 6.45) is 0. The summed E-state index contributed by atoms with van der Waals surface area (Å²) in [5.41, 5.74) is 6.36. The lowest BCUT2D eigenvalue weighted by molar-refractivity contribution is 0.0994. The minimum Gasteiger partial charge on any atom is -0.455 e. The van der Waals surface area contributed by atoms with Crippen LogP contribution in [0.3, 0.4) is 0 Å². The van der Waals surface area contributed by atoms with E-state index >= 15 is 0 Å². The van der Waals surface area contributed by atoms with E-state index in [2.05, 4.69) is 10.4 Å². The Morgan fingerprint density at radius 2 is 2.35 bits per heavy atom. The molecule has 6 heteroatoms. The molecule has 0 bridgehead atoms. The third-order valence-corrected chi connectivity index (χ3v) is 2.44. The van der Waals surface area contributed by atoms with Gasteiger partial charge < -0.3 is 15.5 Å². The van der Waals surface area contributed by atoms with E-state index in [1.807, 2.05) is 14.0 Å². The van der Waals surface area contributed by atoms with Gasteiger partial charge in [0.25, 0.3) is 5.91 Å². The molecule has 0 aliphatic rings. The van der Waals surface area contributed by atoms with Crippen LogP contribution < -0.4 is 11.1 Å². The maximum atomic E-state index is 11.8. The predicted molar refractivity (Wildman–Crippen MR) is 62.5 cm³/mol. The molecule has 0 aliphatic carbocycles. The highest BCUT2D eigenvalue weighted by Crippen LogP contribution is 2.11. The Labute approximate surface area is 98.4 Å². The molecule has 2 heterocycles. The molecule has 1 amide bonds. The number of nitrogens with one attached hydrogen (secondary N) is 1. The Balaban J connectivity index is 2.11. The van der Waals surface area contributed by atoms with E-state index in [1.54, 1.807) is 22.9 Å². The molecule has 0 fully saturated rings. The first-order valence-electron chi connectivity index (χ1n) is 5.21. The Morgan fingerprint density at radius 3 is 2.88 bits per heavy atom. The average molecular weight is 234 g/mol. The van der Waals surface area contributed by atoms with Crippen LogP contribution in [0.15, 0.2) is 22.6 Å². The fraction of sp³-hybridized carbons (Fsp3) is 0.273. The minimum absolute atomic E-state index is 0.230. The first kappa shape index (κ1) is 11.4. The van der Waals surface area contributed by atoms with Crippen LogP contribution >= 0.6 is 0 Å². The van der Waals surface area contributed by atoms with Crippen molar-refractivity contribution in [3.05, 3.63) is 35.4 Å². The number of hydrogen-bond acceptors (Lipinski definition) is 4. The molecule has 0 saturated carbocycles. The van der Waals surface area contributed by atoms with E-state index in [1.165, 1.54) is 0 Å². The quantitative estimate of drug-likeness (QED) is 0.830. The summed E-state index contributed by atoms with van der Waals surface area (Å²) in [7, 11) is 1.81. The summed E-state index contributed by atoms with van der Waals surface area (Å²) in [6, 6.07) is 5.05. The topological polar surface area (TPSA) is 86.1 Å². The molecule has 0 aromatic carbocycles. The summed E-state index contributed by atoms with van der Waals surface area (Å²) < 4.78 is 6.92. The van der Waals surface area contributed by atoms with Crippen molar-refractivity contribution in [2.75, 3.05) is 5.32 Å². The van der Waals surface area contributed by atoms with Gasteiger partial charge in [0.15, 0.2) is 11.6 Å². The summed E-state index contributed by atoms with van der Waals surface area (Å²) in [5, 5.41) is 6.77. The smallest absolute Gasteiger partial charge is 0.292 e. The predicted octanol–water partition coefficient (Wildman–Crippen LogP) is 1.03. The number of aryl methyl sites for hydroxylation is 2. The second kappa shape index (κ2) is 4.42. The molecule has 2 aromatic heterocycles. The van der Waals surface area contributed by atoms with Crippen LogP contribution in [-0.4, -0.2) is 15.7 Å². The van der Waals surface area contributed by atoms with Gasteiger partial charge in [-0.25, -0.2) is 0 Å². The van der Waals surface area contributed by atoms with Crippen LogP contribution in [0.2, 0.25) is 0 Å². The van der Waals surface area contributed by atoms with Gasteiger partial charge in [0.2, 0.25) is 0 Å². The van der Waals surface area contributed by atoms with Gasteiger partial charge >= 0.3 is 0 Å². The highest BCUT2D eigenvalue weighted by molar-refractivity contribution is 6.01. The zero-order valence-electron chi connectivity index (χ0n) is 9.73. The lowest BCUT2D eigenvalue weighted by Crippen LogP contribution is -2.11. The van der Waals surface area contributed by atoms with Crippen LogP contribution in [-0.2, 0) is 13.6 Å². The number of furan rings is 1. The summed E-state index contributed by atoms with van der Waals surface area (Å²) in [5.74, 6) is 0.976. The van der Waals surface area contributed by atoms with E-state index in [9.17, 15) is 4.79 Å². The molecule has 2 aromatic rings. The van der Waals surface area contributed by atoms with Crippen molar-refractivity contribution in [2.24, 2.45) is 12.8 Å². The van der Waals surface area contributed by atoms with Crippen molar-refractivity contribution in [1.29, 1.82) is 0 Å². The Bertz CT molecular complexity index is 522. The van der Waals surface area contributed by atoms with E-state index < -0.39 is 0 Å². The van der Waals surface area contributed by atoms with Gasteiger partial charge in [-0.1, -0.05) is 0 Å². The molecular weight excluding hydrogens is 220 g/mol. The number of nitrogens with two attached hydrogens (primary N) is 1. The molecular formula is C11H14N4O2. The van der Waals surface area contributed by atoms with Crippen LogP contribution in [0, 0.1) is 6.92 Å². The van der Waals surface area contributed by atoms with Crippen LogP contribution in [0.25, 0.3) is 0 Å². The maximum Gasteiger partial charge on any atom is 0.292 e. The van der Waals surface area contributed by atoms with Crippen molar-refractivity contribution in [3.8, 4) is 0 Å². The van der Waals surface area contributed by atoms with Crippen LogP contribution in [0.5, 0.6) is 0 Å². The molecule has 0 unspecified atom stereocenters. The maximum absolute atomic E-state index is 11.8. The fourth-order valence-corrected chi connectivity index (χ4v) is 1.41. The zero-order valence-corrected chi connectivity index (χ0v) is 9.73. The van der Waals surface area contributed by atoms with Crippen molar-refractivity contribution in [2.45, 2.75) is 13.5 Å². The van der Waals surface area contributed by atoms with Gasteiger partial charge in [-0.3, -0.25) is 9.48 Å². The lowest BCUT2D eigenvalue weighted by atomic mass is 10.4. The third-order valence-electron chi connectivity index (χ3n) is 2.44. The van der Waals surface area contributed by atoms with E-state index in [4.69, 9.17) is 10.2 Å². The molecule has 17 heavy (non-hydrogen) atoms. The standard InChI is InChI=1S/C11H14N4O2/c1-7-5-10(14-15(7)2)13-11(16)9-4-3-8(6-12)17-9/h3-5H,6,12H2,1-2H3,(H,13,14,16). The highest BCUT2D eigenvalue weighted by atomic mass is 16.4. The van der Waals surface area contributed by atoms with E-state index in [0.29, 0.717) is 11.6 Å². The fourth-order valence-electron chi connectivity index (χ4n) is 1.41. The molecule has 0 radical (unpaired) electrons. The minimum atomic E-state index is -0.331. The second-order valence-electron chi connectivity index (χ2n) is 3.72. The molecule has 6 nitrogen and oxygen atoms in total. The van der Waals surface area contributed by atoms with Gasteiger partial charge in [-0.05, 0) is 19.1 Å². The Kier molecular flexibility index (Phi) is 2.97. The van der Waals surface area contributed by atoms with E-state index in [0.717, 1.165) is 5.69 Å². The summed E-state index contributed by atoms with van der Waals surface area (Å²) in [6.45, 7) is 2.18. The number of carbonyl (C=O) groups is 1. The number of hydrogen-bond donors (Lipinski definition) is 2. The first-order valence-corrected chi connectivity index (χ1v) is 5.21. The largest absolute Gasteiger partial charge is 0.455 e. The zero-order chi connectivity index (χ0) is 12.4. The molecule has 3 N–H and O–H groups in total. The SMILES string of the molecule is Cc1cc(NC(=O)c2ccc(CN)o2)nn1C. The van der Waals surface area contributed by atoms with Gasteiger partial charge in [-0.2, -0.15) is 5.10 Å². The number of aromatic nitrogens is 2. The third kappa shape index (κ3) is 2.36. The molecule has 0 saturated heterocycles. The Morgan fingerprint density at radius 1 is 1.59 bits per heavy atom. The normalized spacial score (nSPS) is 10.5. The van der Waals surface area contributed by atoms with Crippen LogP contribution in [0.4, 0.5) is 5.82 Å². The number of anilines is 1. The van der Waals surface area contributed by atoms with Crippen LogP contribution in [0.1, 0.15) is 22.0 Å². The van der Waals surface area contributed by atoms with Crippen molar-refractivity contribution in [1.82, 2.24) is 9.78 Å². The molecule has 90 valence electrons. The monoisotopic (exact) mass is 234 g/mol. The van der Waals surface area contributed by atoms with Crippen molar-refractivity contribution in [3.63, 3.8) is 0 Å². The van der Waals surface area contributed by atoms with Crippen molar-refractivity contribution >= 4 is 11.7 Å². The van der Waals surface area contributed by atoms with Gasteiger partial charge in [-0.15, -0.1) is 0 Å². The number of amides is 1. The molecule has 0 atom stereocenters. The van der Waals surface area contributed by atoms with Gasteiger partial charge in [0, 0.05) is 18.8 Å². The summed E-state index contributed by atoms with van der Waals surface area (Å²) in [4.78, 5) is 11.8. The first-order chi connectivity index (χ1) is 8.10. The Hall–Kier alpha value is -2.08. The number of nitrogens with zero attached hydrogens (tertiary/aromatic N) is 2. The number of rotatable bonds is 3. The van der Waals surface area contributed by atoms with Gasteiger partial charge in [0.1, 0.15) is 5.76 Å². The highest BCUT2D eigenvalue weighted by Gasteiger charge is 2.12. The second-order valence-corrected chi connectivity index (χ2v) is 3.72. The van der Waals surface area contributed by atoms with Crippen molar-refractivity contribution < 1.29 is 9.21 Å². The number of carbonyl (C=O) groups excluding carboxylic acids is 1. The van der Waals surface area contributed by atoms with Gasteiger partial charge in [0.05, 0.1) is 6.54 Å².